The molecular weight excluding hydrogens is 290 g/mol. The molecule has 0 radical (unpaired) electrons. The minimum atomic E-state index is 0.606. The molecule has 2 aromatic rings. The molecule has 3 nitrogen and oxygen atoms in total. The molecule has 0 amide bonds. The van der Waals surface area contributed by atoms with Crippen LogP contribution in [0, 0.1) is 5.92 Å². The van der Waals surface area contributed by atoms with Crippen LogP contribution in [-0.2, 0) is 6.42 Å². The van der Waals surface area contributed by atoms with Crippen molar-refractivity contribution in [3.63, 3.8) is 0 Å². The molecule has 1 N–H and O–H groups in total. The summed E-state index contributed by atoms with van der Waals surface area (Å²) in [6.07, 6.45) is 4.56. The zero-order valence-corrected chi connectivity index (χ0v) is 12.1. The SMILES string of the molecule is CC(C)Cc1ccc(Nc2ncc(Br)cn2)cc1. The van der Waals surface area contributed by atoms with Crippen molar-refractivity contribution >= 4 is 27.6 Å². The first-order valence-electron chi connectivity index (χ1n) is 5.97. The van der Waals surface area contributed by atoms with Gasteiger partial charge in [0.25, 0.3) is 0 Å². The summed E-state index contributed by atoms with van der Waals surface area (Å²) in [5.74, 6) is 1.29. The Kier molecular flexibility index (Phi) is 4.31. The zero-order chi connectivity index (χ0) is 13.0. The number of nitrogens with one attached hydrogen (secondary N) is 1. The van der Waals surface area contributed by atoms with Crippen LogP contribution in [0.4, 0.5) is 11.6 Å². The maximum absolute atomic E-state index is 4.18. The average molecular weight is 306 g/mol. The lowest BCUT2D eigenvalue weighted by Crippen LogP contribution is -1.97. The lowest BCUT2D eigenvalue weighted by Gasteiger charge is -2.07. The minimum absolute atomic E-state index is 0.606. The number of rotatable bonds is 4. The molecule has 4 heteroatoms. The highest BCUT2D eigenvalue weighted by atomic mass is 79.9. The minimum Gasteiger partial charge on any atom is -0.324 e. The number of hydrogen-bond acceptors (Lipinski definition) is 3. The Balaban J connectivity index is 2.04. The molecular formula is C14H16BrN3. The summed E-state index contributed by atoms with van der Waals surface area (Å²) in [4.78, 5) is 8.35. The van der Waals surface area contributed by atoms with E-state index in [4.69, 9.17) is 0 Å². The Morgan fingerprint density at radius 1 is 1.11 bits per heavy atom. The van der Waals surface area contributed by atoms with Gasteiger partial charge >= 0.3 is 0 Å². The van der Waals surface area contributed by atoms with E-state index in [9.17, 15) is 0 Å². The number of aromatic nitrogens is 2. The number of benzene rings is 1. The molecule has 0 bridgehead atoms. The van der Waals surface area contributed by atoms with Gasteiger partial charge in [-0.1, -0.05) is 26.0 Å². The Morgan fingerprint density at radius 2 is 1.72 bits per heavy atom. The highest BCUT2D eigenvalue weighted by molar-refractivity contribution is 9.10. The molecule has 0 unspecified atom stereocenters. The maximum Gasteiger partial charge on any atom is 0.227 e. The fraction of sp³-hybridized carbons (Fsp3) is 0.286. The molecule has 1 aromatic carbocycles. The zero-order valence-electron chi connectivity index (χ0n) is 10.5. The monoisotopic (exact) mass is 305 g/mol. The topological polar surface area (TPSA) is 37.8 Å². The molecule has 0 saturated heterocycles. The predicted octanol–water partition coefficient (Wildman–Crippen LogP) is 4.18. The summed E-state index contributed by atoms with van der Waals surface area (Å²) in [6, 6.07) is 8.40. The fourth-order valence-electron chi connectivity index (χ4n) is 1.70. The summed E-state index contributed by atoms with van der Waals surface area (Å²) >= 11 is 3.31. The summed E-state index contributed by atoms with van der Waals surface area (Å²) in [6.45, 7) is 4.45. The van der Waals surface area contributed by atoms with Gasteiger partial charge < -0.3 is 5.32 Å². The molecule has 1 aromatic heterocycles. The van der Waals surface area contributed by atoms with Gasteiger partial charge in [0.2, 0.25) is 5.95 Å². The van der Waals surface area contributed by atoms with Crippen LogP contribution in [0.2, 0.25) is 0 Å². The third-order valence-corrected chi connectivity index (χ3v) is 2.88. The van der Waals surface area contributed by atoms with E-state index in [0.29, 0.717) is 11.9 Å². The van der Waals surface area contributed by atoms with Crippen LogP contribution in [0.5, 0.6) is 0 Å². The van der Waals surface area contributed by atoms with Gasteiger partial charge in [0.15, 0.2) is 0 Å². The highest BCUT2D eigenvalue weighted by Crippen LogP contribution is 2.16. The van der Waals surface area contributed by atoms with E-state index in [1.54, 1.807) is 12.4 Å². The second-order valence-electron chi connectivity index (χ2n) is 4.64. The standard InChI is InChI=1S/C14H16BrN3/c1-10(2)7-11-3-5-13(6-4-11)18-14-16-8-12(15)9-17-14/h3-6,8-10H,7H2,1-2H3,(H,16,17,18). The molecule has 2 rings (SSSR count). The molecule has 0 spiro atoms. The first-order chi connectivity index (χ1) is 8.63. The molecule has 0 aliphatic rings. The Morgan fingerprint density at radius 3 is 2.28 bits per heavy atom. The average Bonchev–Trinajstić information content (AvgIpc) is 2.34. The number of nitrogens with zero attached hydrogens (tertiary/aromatic N) is 2. The second kappa shape index (κ2) is 5.96. The first kappa shape index (κ1) is 13.0. The lowest BCUT2D eigenvalue weighted by molar-refractivity contribution is 0.647. The summed E-state index contributed by atoms with van der Waals surface area (Å²) in [5, 5.41) is 3.17. The van der Waals surface area contributed by atoms with Crippen molar-refractivity contribution in [2.45, 2.75) is 20.3 Å². The lowest BCUT2D eigenvalue weighted by atomic mass is 10.0. The first-order valence-corrected chi connectivity index (χ1v) is 6.76. The number of halogens is 1. The molecule has 0 aliphatic heterocycles. The normalized spacial score (nSPS) is 10.7. The highest BCUT2D eigenvalue weighted by Gasteiger charge is 2.00. The van der Waals surface area contributed by atoms with Crippen LogP contribution in [0.15, 0.2) is 41.1 Å². The molecule has 0 aliphatic carbocycles. The van der Waals surface area contributed by atoms with Crippen LogP contribution in [0.3, 0.4) is 0 Å². The van der Waals surface area contributed by atoms with Crippen molar-refractivity contribution in [3.05, 3.63) is 46.7 Å². The van der Waals surface area contributed by atoms with E-state index in [-0.39, 0.29) is 0 Å². The third kappa shape index (κ3) is 3.81. The Labute approximate surface area is 116 Å². The molecule has 94 valence electrons. The Hall–Kier alpha value is -1.42. The van der Waals surface area contributed by atoms with E-state index in [1.165, 1.54) is 5.56 Å². The van der Waals surface area contributed by atoms with Crippen molar-refractivity contribution in [1.82, 2.24) is 9.97 Å². The van der Waals surface area contributed by atoms with E-state index in [1.807, 2.05) is 0 Å². The third-order valence-electron chi connectivity index (χ3n) is 2.47. The quantitative estimate of drug-likeness (QED) is 0.920. The molecule has 0 atom stereocenters. The van der Waals surface area contributed by atoms with E-state index in [0.717, 1.165) is 16.6 Å². The molecule has 18 heavy (non-hydrogen) atoms. The molecule has 0 fully saturated rings. The number of anilines is 2. The van der Waals surface area contributed by atoms with Crippen molar-refractivity contribution in [3.8, 4) is 0 Å². The van der Waals surface area contributed by atoms with Gasteiger partial charge in [0.05, 0.1) is 4.47 Å². The van der Waals surface area contributed by atoms with Gasteiger partial charge in [-0.3, -0.25) is 0 Å². The van der Waals surface area contributed by atoms with E-state index < -0.39 is 0 Å². The van der Waals surface area contributed by atoms with Gasteiger partial charge in [-0.15, -0.1) is 0 Å². The molecule has 0 saturated carbocycles. The predicted molar refractivity (Wildman–Crippen MR) is 78.0 cm³/mol. The van der Waals surface area contributed by atoms with Crippen molar-refractivity contribution in [2.75, 3.05) is 5.32 Å². The maximum atomic E-state index is 4.18. The van der Waals surface area contributed by atoms with Crippen molar-refractivity contribution in [2.24, 2.45) is 5.92 Å². The van der Waals surface area contributed by atoms with Crippen LogP contribution in [0.1, 0.15) is 19.4 Å². The van der Waals surface area contributed by atoms with Crippen LogP contribution in [0.25, 0.3) is 0 Å². The largest absolute Gasteiger partial charge is 0.324 e. The van der Waals surface area contributed by atoms with Gasteiger partial charge in [-0.05, 0) is 46.0 Å². The molecule has 1 heterocycles. The second-order valence-corrected chi connectivity index (χ2v) is 5.56. The van der Waals surface area contributed by atoms with E-state index >= 15 is 0 Å². The van der Waals surface area contributed by atoms with Gasteiger partial charge in [0, 0.05) is 18.1 Å². The Bertz CT molecular complexity index is 491. The summed E-state index contributed by atoms with van der Waals surface area (Å²) < 4.78 is 0.875. The van der Waals surface area contributed by atoms with Gasteiger partial charge in [-0.2, -0.15) is 0 Å². The van der Waals surface area contributed by atoms with Gasteiger partial charge in [0.1, 0.15) is 0 Å². The van der Waals surface area contributed by atoms with Crippen LogP contribution < -0.4 is 5.32 Å². The van der Waals surface area contributed by atoms with E-state index in [2.05, 4.69) is 69.3 Å². The smallest absolute Gasteiger partial charge is 0.227 e. The van der Waals surface area contributed by atoms with Crippen molar-refractivity contribution in [1.29, 1.82) is 0 Å². The van der Waals surface area contributed by atoms with Crippen LogP contribution in [-0.4, -0.2) is 9.97 Å². The summed E-state index contributed by atoms with van der Waals surface area (Å²) in [7, 11) is 0. The summed E-state index contributed by atoms with van der Waals surface area (Å²) in [5.41, 5.74) is 2.36. The number of hydrogen-bond donors (Lipinski definition) is 1. The fourth-order valence-corrected chi connectivity index (χ4v) is 1.91. The van der Waals surface area contributed by atoms with Crippen LogP contribution >= 0.6 is 15.9 Å². The van der Waals surface area contributed by atoms with Gasteiger partial charge in [-0.25, -0.2) is 9.97 Å². The van der Waals surface area contributed by atoms with Crippen molar-refractivity contribution < 1.29 is 0 Å².